The fraction of sp³-hybridized carbons (Fsp3) is 0.0667. The van der Waals surface area contributed by atoms with Gasteiger partial charge in [0, 0.05) is 42.0 Å². The first kappa shape index (κ1) is 11.8. The van der Waals surface area contributed by atoms with Crippen LogP contribution in [0.3, 0.4) is 0 Å². The molecule has 102 valence electrons. The van der Waals surface area contributed by atoms with Gasteiger partial charge in [-0.15, -0.1) is 0 Å². The number of nitrogens with zero attached hydrogens (tertiary/aromatic N) is 4. The van der Waals surface area contributed by atoms with E-state index in [2.05, 4.69) is 25.1 Å². The molecule has 0 atom stereocenters. The van der Waals surface area contributed by atoms with Crippen LogP contribution in [0, 0.1) is 6.92 Å². The summed E-state index contributed by atoms with van der Waals surface area (Å²) in [6, 6.07) is 7.71. The van der Waals surface area contributed by atoms with Gasteiger partial charge in [-0.05, 0) is 24.3 Å². The number of aryl methyl sites for hydroxylation is 1. The van der Waals surface area contributed by atoms with Crippen molar-refractivity contribution in [2.75, 3.05) is 0 Å². The summed E-state index contributed by atoms with van der Waals surface area (Å²) in [6.45, 7) is 1.76. The Hall–Kier alpha value is -3.02. The van der Waals surface area contributed by atoms with Gasteiger partial charge in [0.2, 0.25) is 11.7 Å². The Morgan fingerprint density at radius 1 is 1.10 bits per heavy atom. The van der Waals surface area contributed by atoms with Crippen LogP contribution in [0.5, 0.6) is 0 Å². The van der Waals surface area contributed by atoms with Gasteiger partial charge in [0.25, 0.3) is 0 Å². The summed E-state index contributed by atoms with van der Waals surface area (Å²) in [6.07, 6.45) is 5.44. The Balaban J connectivity index is 1.81. The van der Waals surface area contributed by atoms with Crippen molar-refractivity contribution in [3.05, 3.63) is 48.7 Å². The van der Waals surface area contributed by atoms with E-state index < -0.39 is 0 Å². The lowest BCUT2D eigenvalue weighted by Crippen LogP contribution is -1.89. The molecule has 6 heteroatoms. The van der Waals surface area contributed by atoms with Crippen molar-refractivity contribution < 1.29 is 4.52 Å². The fourth-order valence-electron chi connectivity index (χ4n) is 2.21. The summed E-state index contributed by atoms with van der Waals surface area (Å²) in [5.74, 6) is 1.09. The van der Waals surface area contributed by atoms with Crippen LogP contribution in [-0.2, 0) is 0 Å². The van der Waals surface area contributed by atoms with Gasteiger partial charge in [-0.1, -0.05) is 5.16 Å². The van der Waals surface area contributed by atoms with Crippen LogP contribution in [0.1, 0.15) is 5.89 Å². The number of aromatic nitrogens is 5. The summed E-state index contributed by atoms with van der Waals surface area (Å²) in [5.41, 5.74) is 3.45. The van der Waals surface area contributed by atoms with E-state index in [1.165, 1.54) is 0 Å². The quantitative estimate of drug-likeness (QED) is 0.609. The van der Waals surface area contributed by atoms with Gasteiger partial charge in [0.05, 0.1) is 11.4 Å². The van der Waals surface area contributed by atoms with E-state index in [4.69, 9.17) is 4.52 Å². The van der Waals surface area contributed by atoms with Crippen LogP contribution in [0.4, 0.5) is 0 Å². The highest BCUT2D eigenvalue weighted by Gasteiger charge is 2.09. The molecule has 0 radical (unpaired) electrons. The van der Waals surface area contributed by atoms with Crippen molar-refractivity contribution in [2.24, 2.45) is 0 Å². The first-order chi connectivity index (χ1) is 10.3. The van der Waals surface area contributed by atoms with E-state index in [-0.39, 0.29) is 0 Å². The van der Waals surface area contributed by atoms with Crippen LogP contribution >= 0.6 is 0 Å². The molecule has 1 N–H and O–H groups in total. The minimum atomic E-state index is 0.536. The SMILES string of the molecule is Cc1nc(-c2ccnc(-c3cc4[nH]ccc4cn3)c2)no1. The number of hydrogen-bond donors (Lipinski definition) is 1. The first-order valence-electron chi connectivity index (χ1n) is 6.50. The predicted octanol–water partition coefficient (Wildman–Crippen LogP) is 2.98. The molecule has 0 amide bonds. The minimum Gasteiger partial charge on any atom is -0.361 e. The number of H-pyrrole nitrogens is 1. The molecule has 0 spiro atoms. The highest BCUT2D eigenvalue weighted by Crippen LogP contribution is 2.23. The molecule has 0 unspecified atom stereocenters. The van der Waals surface area contributed by atoms with E-state index in [1.807, 2.05) is 36.7 Å². The standard InChI is InChI=1S/C15H11N5O/c1-9-19-15(20-21-9)10-2-4-17-13(6-10)14-7-12-11(8-18-14)3-5-16-12/h2-8,16H,1H3. The molecular weight excluding hydrogens is 266 g/mol. The van der Waals surface area contributed by atoms with Gasteiger partial charge in [-0.25, -0.2) is 0 Å². The summed E-state index contributed by atoms with van der Waals surface area (Å²) < 4.78 is 5.01. The van der Waals surface area contributed by atoms with Gasteiger partial charge in [0.15, 0.2) is 0 Å². The van der Waals surface area contributed by atoms with E-state index in [9.17, 15) is 0 Å². The summed E-state index contributed by atoms with van der Waals surface area (Å²) in [5, 5.41) is 4.99. The second-order valence-electron chi connectivity index (χ2n) is 4.70. The molecule has 0 aromatic carbocycles. The number of pyridine rings is 2. The molecule has 4 aromatic heterocycles. The molecule has 6 nitrogen and oxygen atoms in total. The van der Waals surface area contributed by atoms with Crippen LogP contribution in [0.25, 0.3) is 33.7 Å². The molecule has 0 aliphatic heterocycles. The third kappa shape index (κ3) is 2.06. The molecule has 0 fully saturated rings. The second kappa shape index (κ2) is 4.52. The zero-order valence-electron chi connectivity index (χ0n) is 11.2. The van der Waals surface area contributed by atoms with Gasteiger partial charge < -0.3 is 9.51 Å². The molecule has 4 heterocycles. The Bertz CT molecular complexity index is 924. The van der Waals surface area contributed by atoms with Crippen molar-refractivity contribution in [1.82, 2.24) is 25.1 Å². The third-order valence-corrected chi connectivity index (χ3v) is 3.24. The summed E-state index contributed by atoms with van der Waals surface area (Å²) >= 11 is 0. The predicted molar refractivity (Wildman–Crippen MR) is 77.4 cm³/mol. The van der Waals surface area contributed by atoms with Crippen molar-refractivity contribution in [3.8, 4) is 22.8 Å². The van der Waals surface area contributed by atoms with Gasteiger partial charge in [-0.3, -0.25) is 9.97 Å². The maximum Gasteiger partial charge on any atom is 0.223 e. The lowest BCUT2D eigenvalue weighted by molar-refractivity contribution is 0.394. The normalized spacial score (nSPS) is 11.1. The number of aromatic amines is 1. The molecule has 0 saturated carbocycles. The molecule has 0 bridgehead atoms. The highest BCUT2D eigenvalue weighted by molar-refractivity contribution is 5.82. The van der Waals surface area contributed by atoms with Gasteiger partial charge in [0.1, 0.15) is 0 Å². The average Bonchev–Trinajstić information content (AvgIpc) is 3.15. The van der Waals surface area contributed by atoms with Crippen LogP contribution in [0.15, 0.2) is 47.4 Å². The molecule has 4 aromatic rings. The Kier molecular flexibility index (Phi) is 2.53. The maximum atomic E-state index is 5.01. The number of rotatable bonds is 2. The van der Waals surface area contributed by atoms with Gasteiger partial charge >= 0.3 is 0 Å². The minimum absolute atomic E-state index is 0.536. The highest BCUT2D eigenvalue weighted by atomic mass is 16.5. The zero-order valence-corrected chi connectivity index (χ0v) is 11.2. The largest absolute Gasteiger partial charge is 0.361 e. The summed E-state index contributed by atoms with van der Waals surface area (Å²) in [7, 11) is 0. The third-order valence-electron chi connectivity index (χ3n) is 3.24. The smallest absolute Gasteiger partial charge is 0.223 e. The monoisotopic (exact) mass is 277 g/mol. The Labute approximate surface area is 119 Å². The summed E-state index contributed by atoms with van der Waals surface area (Å²) in [4.78, 5) is 16.2. The van der Waals surface area contributed by atoms with Crippen LogP contribution in [0.2, 0.25) is 0 Å². The van der Waals surface area contributed by atoms with Crippen molar-refractivity contribution in [1.29, 1.82) is 0 Å². The molecule has 0 aliphatic carbocycles. The lowest BCUT2D eigenvalue weighted by Gasteiger charge is -2.02. The molecular formula is C15H11N5O. The van der Waals surface area contributed by atoms with Crippen molar-refractivity contribution in [3.63, 3.8) is 0 Å². The Morgan fingerprint density at radius 2 is 2.00 bits per heavy atom. The van der Waals surface area contributed by atoms with Gasteiger partial charge in [-0.2, -0.15) is 4.98 Å². The number of nitrogens with one attached hydrogen (secondary N) is 1. The number of hydrogen-bond acceptors (Lipinski definition) is 5. The van der Waals surface area contributed by atoms with E-state index in [1.54, 1.807) is 13.1 Å². The average molecular weight is 277 g/mol. The first-order valence-corrected chi connectivity index (χ1v) is 6.50. The van der Waals surface area contributed by atoms with Crippen LogP contribution < -0.4 is 0 Å². The molecule has 21 heavy (non-hydrogen) atoms. The number of fused-ring (bicyclic) bond motifs is 1. The second-order valence-corrected chi connectivity index (χ2v) is 4.70. The van der Waals surface area contributed by atoms with Crippen molar-refractivity contribution in [2.45, 2.75) is 6.92 Å². The molecule has 4 rings (SSSR count). The fourth-order valence-corrected chi connectivity index (χ4v) is 2.21. The van der Waals surface area contributed by atoms with E-state index in [0.29, 0.717) is 11.7 Å². The maximum absolute atomic E-state index is 5.01. The molecule has 0 aliphatic rings. The topological polar surface area (TPSA) is 80.5 Å². The van der Waals surface area contributed by atoms with E-state index in [0.717, 1.165) is 27.9 Å². The molecule has 0 saturated heterocycles. The Morgan fingerprint density at radius 3 is 2.86 bits per heavy atom. The lowest BCUT2D eigenvalue weighted by atomic mass is 10.1. The zero-order chi connectivity index (χ0) is 14.2. The van der Waals surface area contributed by atoms with Crippen molar-refractivity contribution >= 4 is 10.9 Å². The van der Waals surface area contributed by atoms with Crippen LogP contribution in [-0.4, -0.2) is 25.1 Å². The van der Waals surface area contributed by atoms with E-state index >= 15 is 0 Å².